The third-order valence-corrected chi connectivity index (χ3v) is 2.81. The number of hydrogen-bond acceptors (Lipinski definition) is 3. The first kappa shape index (κ1) is 13.9. The van der Waals surface area contributed by atoms with Crippen LogP contribution in [0.4, 0.5) is 4.39 Å². The van der Waals surface area contributed by atoms with Crippen molar-refractivity contribution in [3.63, 3.8) is 0 Å². The highest BCUT2D eigenvalue weighted by Gasteiger charge is 2.13. The largest absolute Gasteiger partial charge is 0.481 e. The highest BCUT2D eigenvalue weighted by atomic mass is 19.1. The van der Waals surface area contributed by atoms with Crippen LogP contribution in [0, 0.1) is 5.82 Å². The molecule has 0 spiro atoms. The second-order valence-corrected chi connectivity index (χ2v) is 4.24. The third kappa shape index (κ3) is 3.26. The molecule has 0 amide bonds. The van der Waals surface area contributed by atoms with Crippen LogP contribution in [0.5, 0.6) is 0 Å². The predicted molar refractivity (Wildman–Crippen MR) is 70.0 cm³/mol. The Bertz CT molecular complexity index is 641. The van der Waals surface area contributed by atoms with E-state index >= 15 is 0 Å². The number of aryl methyl sites for hydroxylation is 1. The van der Waals surface area contributed by atoms with E-state index in [1.165, 1.54) is 24.4 Å². The van der Waals surface area contributed by atoms with Crippen LogP contribution in [0.15, 0.2) is 42.6 Å². The van der Waals surface area contributed by atoms with Crippen molar-refractivity contribution in [2.24, 2.45) is 0 Å². The quantitative estimate of drug-likeness (QED) is 0.850. The summed E-state index contributed by atoms with van der Waals surface area (Å²) in [6.45, 7) is 0. The first-order chi connectivity index (χ1) is 9.58. The smallest absolute Gasteiger partial charge is 0.303 e. The van der Waals surface area contributed by atoms with Gasteiger partial charge in [-0.1, -0.05) is 6.07 Å². The summed E-state index contributed by atoms with van der Waals surface area (Å²) in [7, 11) is 0. The van der Waals surface area contributed by atoms with Crippen molar-refractivity contribution in [1.29, 1.82) is 0 Å². The second-order valence-electron chi connectivity index (χ2n) is 4.24. The minimum atomic E-state index is -1.01. The fourth-order valence-corrected chi connectivity index (χ4v) is 1.79. The van der Waals surface area contributed by atoms with E-state index in [1.807, 2.05) is 0 Å². The third-order valence-electron chi connectivity index (χ3n) is 2.81. The number of nitrogens with zero attached hydrogens (tertiary/aromatic N) is 1. The van der Waals surface area contributed by atoms with Crippen molar-refractivity contribution in [2.45, 2.75) is 12.8 Å². The first-order valence-corrected chi connectivity index (χ1v) is 6.04. The Morgan fingerprint density at radius 2 is 2.00 bits per heavy atom. The van der Waals surface area contributed by atoms with Gasteiger partial charge in [-0.25, -0.2) is 4.39 Å². The van der Waals surface area contributed by atoms with Gasteiger partial charge < -0.3 is 5.11 Å². The number of benzene rings is 1. The predicted octanol–water partition coefficient (Wildman–Crippen LogP) is 2.47. The minimum Gasteiger partial charge on any atom is -0.481 e. The van der Waals surface area contributed by atoms with Crippen molar-refractivity contribution in [3.8, 4) is 0 Å². The van der Waals surface area contributed by atoms with Crippen LogP contribution < -0.4 is 0 Å². The van der Waals surface area contributed by atoms with Gasteiger partial charge >= 0.3 is 5.97 Å². The topological polar surface area (TPSA) is 67.3 Å². The van der Waals surface area contributed by atoms with Crippen molar-refractivity contribution >= 4 is 11.8 Å². The van der Waals surface area contributed by atoms with E-state index in [2.05, 4.69) is 4.98 Å². The average Bonchev–Trinajstić information content (AvgIpc) is 2.46. The van der Waals surface area contributed by atoms with Gasteiger partial charge in [0.25, 0.3) is 0 Å². The Balaban J connectivity index is 2.27. The molecule has 0 saturated heterocycles. The van der Waals surface area contributed by atoms with Gasteiger partial charge in [0.2, 0.25) is 5.78 Å². The highest BCUT2D eigenvalue weighted by molar-refractivity contribution is 6.07. The summed E-state index contributed by atoms with van der Waals surface area (Å²) in [5, 5.41) is 8.62. The number of carbonyl (C=O) groups excluding carboxylic acids is 1. The molecule has 0 fully saturated rings. The normalized spacial score (nSPS) is 10.2. The van der Waals surface area contributed by atoms with Crippen LogP contribution in [-0.4, -0.2) is 21.8 Å². The van der Waals surface area contributed by atoms with Gasteiger partial charge in [0.05, 0.1) is 0 Å². The Morgan fingerprint density at radius 1 is 1.20 bits per heavy atom. The fraction of sp³-hybridized carbons (Fsp3) is 0.133. The van der Waals surface area contributed by atoms with Gasteiger partial charge in [-0.15, -0.1) is 0 Å². The molecule has 0 unspecified atom stereocenters. The van der Waals surface area contributed by atoms with E-state index in [0.29, 0.717) is 5.56 Å². The number of ketones is 1. The van der Waals surface area contributed by atoms with Gasteiger partial charge in [-0.2, -0.15) is 0 Å². The van der Waals surface area contributed by atoms with Gasteiger partial charge in [0.15, 0.2) is 0 Å². The minimum absolute atomic E-state index is 0.0461. The summed E-state index contributed by atoms with van der Waals surface area (Å²) in [4.78, 5) is 26.6. The average molecular weight is 273 g/mol. The number of carboxylic acids is 1. The van der Waals surface area contributed by atoms with Crippen molar-refractivity contribution in [1.82, 2.24) is 4.98 Å². The molecule has 1 aromatic carbocycles. The molecule has 102 valence electrons. The molecule has 0 atom stereocenters. The number of carbonyl (C=O) groups is 2. The molecule has 20 heavy (non-hydrogen) atoms. The lowest BCUT2D eigenvalue weighted by atomic mass is 10.0. The number of rotatable bonds is 5. The van der Waals surface area contributed by atoms with E-state index < -0.39 is 11.8 Å². The van der Waals surface area contributed by atoms with E-state index in [0.717, 1.165) is 0 Å². The highest BCUT2D eigenvalue weighted by Crippen LogP contribution is 2.15. The number of carboxylic acid groups (broad SMARTS) is 1. The van der Waals surface area contributed by atoms with Crippen LogP contribution >= 0.6 is 0 Å². The lowest BCUT2D eigenvalue weighted by molar-refractivity contribution is -0.136. The standard InChI is InChI=1S/C15H12FNO3/c16-12-6-4-11(9-10(12)5-7-14(18)19)15(20)13-3-1-2-8-17-13/h1-4,6,8-9H,5,7H2,(H,18,19). The van der Waals surface area contributed by atoms with E-state index in [9.17, 15) is 14.0 Å². The number of pyridine rings is 1. The summed E-state index contributed by atoms with van der Waals surface area (Å²) in [5.74, 6) is -1.84. The molecule has 2 aromatic rings. The van der Waals surface area contributed by atoms with E-state index in [1.54, 1.807) is 18.2 Å². The molecule has 0 saturated carbocycles. The van der Waals surface area contributed by atoms with Crippen LogP contribution in [0.2, 0.25) is 0 Å². The van der Waals surface area contributed by atoms with Crippen molar-refractivity contribution in [3.05, 3.63) is 65.2 Å². The maximum absolute atomic E-state index is 13.6. The molecule has 4 nitrogen and oxygen atoms in total. The molecular weight excluding hydrogens is 261 g/mol. The Hall–Kier alpha value is -2.56. The summed E-state index contributed by atoms with van der Waals surface area (Å²) in [6.07, 6.45) is 1.37. The monoisotopic (exact) mass is 273 g/mol. The van der Waals surface area contributed by atoms with Gasteiger partial charge in [-0.3, -0.25) is 14.6 Å². The molecule has 1 N–H and O–H groups in total. The molecule has 2 rings (SSSR count). The molecule has 0 bridgehead atoms. The number of aromatic nitrogens is 1. The van der Waals surface area contributed by atoms with Crippen LogP contribution in [-0.2, 0) is 11.2 Å². The summed E-state index contributed by atoms with van der Waals surface area (Å²) in [6, 6.07) is 8.89. The summed E-state index contributed by atoms with van der Waals surface area (Å²) in [5.41, 5.74) is 0.781. The Labute approximate surface area is 114 Å². The van der Waals surface area contributed by atoms with Crippen molar-refractivity contribution < 1.29 is 19.1 Å². The van der Waals surface area contributed by atoms with Gasteiger partial charge in [0.1, 0.15) is 11.5 Å². The van der Waals surface area contributed by atoms with Crippen LogP contribution in [0.1, 0.15) is 28.0 Å². The number of hydrogen-bond donors (Lipinski definition) is 1. The zero-order valence-electron chi connectivity index (χ0n) is 10.5. The lowest BCUT2D eigenvalue weighted by Crippen LogP contribution is -2.06. The molecule has 0 aliphatic carbocycles. The molecule has 1 heterocycles. The van der Waals surface area contributed by atoms with Crippen molar-refractivity contribution in [2.75, 3.05) is 0 Å². The Kier molecular flexibility index (Phi) is 4.20. The second kappa shape index (κ2) is 6.06. The fourth-order valence-electron chi connectivity index (χ4n) is 1.79. The zero-order valence-corrected chi connectivity index (χ0v) is 10.5. The maximum atomic E-state index is 13.6. The zero-order chi connectivity index (χ0) is 14.5. The van der Waals surface area contributed by atoms with E-state index in [4.69, 9.17) is 5.11 Å². The molecule has 0 radical (unpaired) electrons. The molecule has 0 aliphatic rings. The molecular formula is C15H12FNO3. The molecule has 1 aromatic heterocycles. The van der Waals surface area contributed by atoms with Gasteiger partial charge in [-0.05, 0) is 42.3 Å². The number of halogens is 1. The Morgan fingerprint density at radius 3 is 2.65 bits per heavy atom. The molecule has 5 heteroatoms. The number of aliphatic carboxylic acids is 1. The molecule has 0 aliphatic heterocycles. The van der Waals surface area contributed by atoms with E-state index in [-0.39, 0.29) is 29.9 Å². The van der Waals surface area contributed by atoms with Gasteiger partial charge in [0, 0.05) is 18.2 Å². The summed E-state index contributed by atoms with van der Waals surface area (Å²) < 4.78 is 13.6. The lowest BCUT2D eigenvalue weighted by Gasteiger charge is -2.05. The first-order valence-electron chi connectivity index (χ1n) is 6.04. The maximum Gasteiger partial charge on any atom is 0.303 e. The SMILES string of the molecule is O=C(O)CCc1cc(C(=O)c2ccccn2)ccc1F. The van der Waals surface area contributed by atoms with Crippen LogP contribution in [0.3, 0.4) is 0 Å². The van der Waals surface area contributed by atoms with Crippen LogP contribution in [0.25, 0.3) is 0 Å². The summed E-state index contributed by atoms with van der Waals surface area (Å²) >= 11 is 0.